The highest BCUT2D eigenvalue weighted by molar-refractivity contribution is 7.16. The van der Waals surface area contributed by atoms with Crippen LogP contribution in [0.15, 0.2) is 41.0 Å². The molecule has 0 saturated carbocycles. The molecule has 1 N–H and O–H groups in total. The van der Waals surface area contributed by atoms with Crippen molar-refractivity contribution in [1.82, 2.24) is 4.90 Å². The number of amides is 1. The Bertz CT molecular complexity index is 1160. The monoisotopic (exact) mass is 494 g/mol. The van der Waals surface area contributed by atoms with Crippen LogP contribution in [-0.4, -0.2) is 38.1 Å². The standard InChI is InChI=1S/C28H34N2O4S/c1-18-12-14-30(15-13-18)26(20-11-10-19(32-2)17-23(20)33-3)25-21-7-4-5-9-24(21)35-28(25)29-27(31)22-8-6-16-34-22/h6,8,10-11,16-18,26H,4-5,7,9,12-15H2,1-3H3,(H,29,31). The van der Waals surface area contributed by atoms with Gasteiger partial charge in [-0.25, -0.2) is 0 Å². The molecule has 1 aromatic carbocycles. The molecular formula is C28H34N2O4S. The van der Waals surface area contributed by atoms with Crippen molar-refractivity contribution in [3.63, 3.8) is 0 Å². The predicted octanol–water partition coefficient (Wildman–Crippen LogP) is 6.31. The van der Waals surface area contributed by atoms with Gasteiger partial charge in [-0.05, 0) is 87.4 Å². The highest BCUT2D eigenvalue weighted by atomic mass is 32.1. The van der Waals surface area contributed by atoms with Crippen LogP contribution in [0.2, 0.25) is 0 Å². The number of carbonyl (C=O) groups excluding carboxylic acids is 1. The maximum absolute atomic E-state index is 13.1. The molecule has 0 bridgehead atoms. The number of nitrogens with one attached hydrogen (secondary N) is 1. The summed E-state index contributed by atoms with van der Waals surface area (Å²) in [4.78, 5) is 17.0. The maximum Gasteiger partial charge on any atom is 0.291 e. The number of furan rings is 1. The fourth-order valence-electron chi connectivity index (χ4n) is 5.41. The molecule has 2 aromatic heterocycles. The second kappa shape index (κ2) is 10.5. The van der Waals surface area contributed by atoms with E-state index in [0.29, 0.717) is 5.76 Å². The molecule has 1 amide bonds. The summed E-state index contributed by atoms with van der Waals surface area (Å²) in [5.74, 6) is 2.43. The zero-order valence-electron chi connectivity index (χ0n) is 20.8. The predicted molar refractivity (Wildman–Crippen MR) is 139 cm³/mol. The van der Waals surface area contributed by atoms with E-state index in [9.17, 15) is 4.79 Å². The molecule has 5 rings (SSSR count). The van der Waals surface area contributed by atoms with Crippen LogP contribution in [0.1, 0.15) is 70.8 Å². The maximum atomic E-state index is 13.1. The van der Waals surface area contributed by atoms with Crippen LogP contribution in [0.5, 0.6) is 11.5 Å². The Morgan fingerprint density at radius 3 is 2.66 bits per heavy atom. The molecule has 1 unspecified atom stereocenters. The van der Waals surface area contributed by atoms with Crippen LogP contribution in [0.25, 0.3) is 0 Å². The minimum Gasteiger partial charge on any atom is -0.497 e. The number of hydrogen-bond donors (Lipinski definition) is 1. The molecule has 1 aliphatic heterocycles. The number of methoxy groups -OCH3 is 2. The number of hydrogen-bond acceptors (Lipinski definition) is 6. The fraction of sp³-hybridized carbons (Fsp3) is 0.464. The highest BCUT2D eigenvalue weighted by Crippen LogP contribution is 2.48. The Hall–Kier alpha value is -2.77. The number of piperidine rings is 1. The fourth-order valence-corrected chi connectivity index (χ4v) is 6.73. The van der Waals surface area contributed by atoms with Crippen molar-refractivity contribution >= 4 is 22.2 Å². The van der Waals surface area contributed by atoms with Crippen LogP contribution >= 0.6 is 11.3 Å². The first-order valence-electron chi connectivity index (χ1n) is 12.5. The molecular weight excluding hydrogens is 460 g/mol. The van der Waals surface area contributed by atoms with Gasteiger partial charge in [0.15, 0.2) is 5.76 Å². The third-order valence-corrected chi connectivity index (χ3v) is 8.60. The summed E-state index contributed by atoms with van der Waals surface area (Å²) < 4.78 is 16.8. The zero-order valence-corrected chi connectivity index (χ0v) is 21.6. The third kappa shape index (κ3) is 4.84. The summed E-state index contributed by atoms with van der Waals surface area (Å²) in [6, 6.07) is 9.55. The number of rotatable bonds is 7. The van der Waals surface area contributed by atoms with E-state index >= 15 is 0 Å². The van der Waals surface area contributed by atoms with Gasteiger partial charge in [-0.2, -0.15) is 0 Å². The van der Waals surface area contributed by atoms with Gasteiger partial charge < -0.3 is 19.2 Å². The zero-order chi connectivity index (χ0) is 24.4. The van der Waals surface area contributed by atoms with Crippen LogP contribution in [0.4, 0.5) is 5.00 Å². The number of aryl methyl sites for hydroxylation is 1. The molecule has 7 heteroatoms. The van der Waals surface area contributed by atoms with Gasteiger partial charge >= 0.3 is 0 Å². The van der Waals surface area contributed by atoms with Crippen LogP contribution < -0.4 is 14.8 Å². The van der Waals surface area contributed by atoms with Crippen LogP contribution in [0.3, 0.4) is 0 Å². The van der Waals surface area contributed by atoms with Gasteiger partial charge in [-0.3, -0.25) is 9.69 Å². The lowest BCUT2D eigenvalue weighted by Gasteiger charge is -2.38. The summed E-state index contributed by atoms with van der Waals surface area (Å²) in [5, 5.41) is 4.15. The normalized spacial score (nSPS) is 17.6. The summed E-state index contributed by atoms with van der Waals surface area (Å²) >= 11 is 1.73. The molecule has 0 spiro atoms. The van der Waals surface area contributed by atoms with Crippen molar-refractivity contribution < 1.29 is 18.7 Å². The van der Waals surface area contributed by atoms with E-state index < -0.39 is 0 Å². The number of benzene rings is 1. The van der Waals surface area contributed by atoms with Gasteiger partial charge in [-0.1, -0.05) is 6.92 Å². The second-order valence-corrected chi connectivity index (χ2v) is 10.7. The van der Waals surface area contributed by atoms with Gasteiger partial charge in [0.05, 0.1) is 26.5 Å². The average Bonchev–Trinajstić information content (AvgIpc) is 3.54. The number of fused-ring (bicyclic) bond motifs is 1. The topological polar surface area (TPSA) is 63.9 Å². The number of nitrogens with zero attached hydrogens (tertiary/aromatic N) is 1. The summed E-state index contributed by atoms with van der Waals surface area (Å²) in [6.07, 6.45) is 8.33. The Morgan fingerprint density at radius 2 is 1.94 bits per heavy atom. The molecule has 1 fully saturated rings. The van der Waals surface area contributed by atoms with E-state index in [4.69, 9.17) is 13.9 Å². The summed E-state index contributed by atoms with van der Waals surface area (Å²) in [7, 11) is 3.39. The molecule has 186 valence electrons. The summed E-state index contributed by atoms with van der Waals surface area (Å²) in [6.45, 7) is 4.36. The molecule has 1 aliphatic carbocycles. The van der Waals surface area contributed by atoms with Gasteiger partial charge in [-0.15, -0.1) is 11.3 Å². The van der Waals surface area contributed by atoms with Gasteiger partial charge in [0.1, 0.15) is 16.5 Å². The quantitative estimate of drug-likeness (QED) is 0.417. The van der Waals surface area contributed by atoms with E-state index in [1.165, 1.54) is 35.1 Å². The number of carbonyl (C=O) groups is 1. The first-order chi connectivity index (χ1) is 17.1. The van der Waals surface area contributed by atoms with Crippen LogP contribution in [0, 0.1) is 5.92 Å². The highest BCUT2D eigenvalue weighted by Gasteiger charge is 2.35. The van der Waals surface area contributed by atoms with Gasteiger partial charge in [0.25, 0.3) is 5.91 Å². The Morgan fingerprint density at radius 1 is 1.14 bits per heavy atom. The van der Waals surface area contributed by atoms with Crippen LogP contribution in [-0.2, 0) is 12.8 Å². The first-order valence-corrected chi connectivity index (χ1v) is 13.4. The number of thiophene rings is 1. The minimum absolute atomic E-state index is 0.00615. The Labute approximate surface area is 211 Å². The molecule has 3 heterocycles. The first kappa shape index (κ1) is 23.9. The van der Waals surface area contributed by atoms with E-state index in [2.05, 4.69) is 23.2 Å². The molecule has 2 aliphatic rings. The van der Waals surface area contributed by atoms with E-state index in [0.717, 1.165) is 66.8 Å². The average molecular weight is 495 g/mol. The van der Waals surface area contributed by atoms with E-state index in [-0.39, 0.29) is 11.9 Å². The van der Waals surface area contributed by atoms with Crippen molar-refractivity contribution in [3.8, 4) is 11.5 Å². The van der Waals surface area contributed by atoms with Crippen molar-refractivity contribution in [3.05, 3.63) is 63.9 Å². The van der Waals surface area contributed by atoms with E-state index in [1.807, 2.05) is 12.1 Å². The minimum atomic E-state index is -0.206. The van der Waals surface area contributed by atoms with Crippen molar-refractivity contribution in [2.45, 2.75) is 51.5 Å². The number of anilines is 1. The lowest BCUT2D eigenvalue weighted by atomic mass is 9.86. The molecule has 6 nitrogen and oxygen atoms in total. The third-order valence-electron chi connectivity index (χ3n) is 7.38. The molecule has 3 aromatic rings. The van der Waals surface area contributed by atoms with Gasteiger partial charge in [0.2, 0.25) is 0 Å². The molecule has 0 radical (unpaired) electrons. The number of ether oxygens (including phenoxy) is 2. The van der Waals surface area contributed by atoms with Gasteiger partial charge in [0, 0.05) is 22.1 Å². The molecule has 1 atom stereocenters. The largest absolute Gasteiger partial charge is 0.497 e. The molecule has 1 saturated heterocycles. The Balaban J connectivity index is 1.64. The van der Waals surface area contributed by atoms with Crippen molar-refractivity contribution in [2.75, 3.05) is 32.6 Å². The van der Waals surface area contributed by atoms with Crippen molar-refractivity contribution in [2.24, 2.45) is 5.92 Å². The SMILES string of the molecule is COc1ccc(C(c2c(NC(=O)c3ccco3)sc3c2CCCC3)N2CCC(C)CC2)c(OC)c1. The lowest BCUT2D eigenvalue weighted by Crippen LogP contribution is -2.37. The lowest BCUT2D eigenvalue weighted by molar-refractivity contribution is 0.0996. The number of likely N-dealkylation sites (tertiary alicyclic amines) is 1. The summed E-state index contributed by atoms with van der Waals surface area (Å²) in [5.41, 5.74) is 3.74. The second-order valence-electron chi connectivity index (χ2n) is 9.61. The Kier molecular flexibility index (Phi) is 7.16. The molecule has 35 heavy (non-hydrogen) atoms. The smallest absolute Gasteiger partial charge is 0.291 e. The van der Waals surface area contributed by atoms with Crippen molar-refractivity contribution in [1.29, 1.82) is 0 Å². The van der Waals surface area contributed by atoms with E-state index in [1.54, 1.807) is 37.7 Å².